The summed E-state index contributed by atoms with van der Waals surface area (Å²) in [7, 11) is 0. The highest BCUT2D eigenvalue weighted by Crippen LogP contribution is 2.29. The second kappa shape index (κ2) is 4.30. The third-order valence-corrected chi connectivity index (χ3v) is 3.21. The van der Waals surface area contributed by atoms with Crippen LogP contribution in [-0.2, 0) is 4.74 Å². The molecule has 3 rings (SSSR count). The van der Waals surface area contributed by atoms with Crippen molar-refractivity contribution in [2.24, 2.45) is 0 Å². The molecular formula is C10H13N5O4. The SMILES string of the molecule is Nc1ncn[13c]2c1[15nH][13c](=O)n2[C@H]1C[C@H](O)[C@@H](CO)O1. The predicted octanol–water partition coefficient (Wildman–Crippen LogP) is -1.66. The highest BCUT2D eigenvalue weighted by atomic mass is 16.5. The van der Waals surface area contributed by atoms with E-state index >= 15 is 0 Å². The molecule has 2 aromatic heterocycles. The number of hydrogen-bond acceptors (Lipinski definition) is 7. The maximum Gasteiger partial charge on any atom is 0.329 e. The number of nitrogens with two attached hydrogens (primary N) is 1. The first-order valence-electron chi connectivity index (χ1n) is 5.77. The van der Waals surface area contributed by atoms with E-state index in [1.807, 2.05) is 0 Å². The highest BCUT2D eigenvalue weighted by Gasteiger charge is 2.36. The monoisotopic (exact) mass is 270 g/mol. The maximum atomic E-state index is 11.9. The third kappa shape index (κ3) is 1.79. The molecule has 0 bridgehead atoms. The standard InChI is InChI=1S/C10H13N5O4/c11-8-7-9(13-3-12-8)15(10(18)14-7)6-1-4(17)5(2-16)19-6/h3-6,16-17H,1-2H2,(H,14,18)(H2,11,12,13)/t4-,5+,6+/m0/s1/i9+1,10+1,14+1. The molecule has 9 nitrogen and oxygen atoms in total. The van der Waals surface area contributed by atoms with Crippen LogP contribution in [0.2, 0.25) is 0 Å². The summed E-state index contributed by atoms with van der Waals surface area (Å²) in [5.41, 5.74) is 5.85. The van der Waals surface area contributed by atoms with Crippen molar-refractivity contribution >= 4 is 17.0 Å². The van der Waals surface area contributed by atoms with E-state index in [-0.39, 0.29) is 18.8 Å². The number of nitrogens with one attached hydrogen (secondary N) is 1. The van der Waals surface area contributed by atoms with E-state index in [9.17, 15) is 9.90 Å². The number of aromatic nitrogens is 4. The molecule has 2 aromatic rings. The Morgan fingerprint density at radius 2 is 2.37 bits per heavy atom. The molecule has 102 valence electrons. The fourth-order valence-electron chi connectivity index (χ4n) is 2.26. The fraction of sp³-hybridized carbons (Fsp3) is 0.500. The molecule has 0 unspecified atom stereocenters. The van der Waals surface area contributed by atoms with E-state index in [1.165, 1.54) is 10.9 Å². The molecule has 0 aromatic carbocycles. The Balaban J connectivity index is 2.09. The van der Waals surface area contributed by atoms with Gasteiger partial charge in [-0.25, -0.2) is 19.3 Å². The van der Waals surface area contributed by atoms with Gasteiger partial charge >= 0.3 is 5.69 Å². The summed E-state index contributed by atoms with van der Waals surface area (Å²) in [6.45, 7) is -0.314. The number of aromatic amines is 1. The van der Waals surface area contributed by atoms with Gasteiger partial charge in [0.05, 0.1) is 12.7 Å². The lowest BCUT2D eigenvalue weighted by atomic mass is 10.2. The third-order valence-electron chi connectivity index (χ3n) is 3.21. The molecule has 1 aliphatic rings. The van der Waals surface area contributed by atoms with Gasteiger partial charge in [-0.1, -0.05) is 0 Å². The molecule has 9 heteroatoms. The normalized spacial score (nSPS) is 27.2. The lowest BCUT2D eigenvalue weighted by Crippen LogP contribution is -2.25. The van der Waals surface area contributed by atoms with Crippen LogP contribution in [0.25, 0.3) is 11.2 Å². The number of nitrogen functional groups attached to an aromatic ring is 1. The van der Waals surface area contributed by atoms with Crippen LogP contribution < -0.4 is 11.4 Å². The van der Waals surface area contributed by atoms with Crippen molar-refractivity contribution in [1.82, 2.24) is 19.5 Å². The van der Waals surface area contributed by atoms with Gasteiger partial charge in [0.25, 0.3) is 0 Å². The van der Waals surface area contributed by atoms with Crippen LogP contribution in [0.1, 0.15) is 12.6 Å². The average Bonchev–Trinajstić information content (AvgIpc) is 2.90. The maximum absolute atomic E-state index is 11.9. The number of rotatable bonds is 2. The molecule has 3 heterocycles. The summed E-state index contributed by atoms with van der Waals surface area (Å²) in [6.07, 6.45) is -0.784. The Bertz CT molecular complexity index is 665. The summed E-state index contributed by atoms with van der Waals surface area (Å²) < 4.78 is 6.71. The van der Waals surface area contributed by atoms with Crippen molar-refractivity contribution in [2.75, 3.05) is 12.3 Å². The topological polar surface area (TPSA) is 139 Å². The first kappa shape index (κ1) is 12.1. The van der Waals surface area contributed by atoms with E-state index in [0.717, 1.165) is 0 Å². The van der Waals surface area contributed by atoms with Gasteiger partial charge in [0.1, 0.15) is 24.2 Å². The van der Waals surface area contributed by atoms with E-state index in [4.69, 9.17) is 15.6 Å². The molecule has 0 amide bonds. The number of imidazole rings is 1. The minimum absolute atomic E-state index is 0.165. The summed E-state index contributed by atoms with van der Waals surface area (Å²) >= 11 is 0. The Labute approximate surface area is 106 Å². The zero-order chi connectivity index (χ0) is 13.6. The highest BCUT2D eigenvalue weighted by molar-refractivity contribution is 5.81. The summed E-state index contributed by atoms with van der Waals surface area (Å²) in [5.74, 6) is 0.165. The van der Waals surface area contributed by atoms with Crippen LogP contribution in [0.3, 0.4) is 0 Å². The van der Waals surface area contributed by atoms with E-state index in [1.54, 1.807) is 0 Å². The van der Waals surface area contributed by atoms with Crippen molar-refractivity contribution in [1.29, 1.82) is 0 Å². The Hall–Kier alpha value is -1.97. The van der Waals surface area contributed by atoms with Gasteiger partial charge in [-0.15, -0.1) is 0 Å². The van der Waals surface area contributed by atoms with E-state index in [2.05, 4.69) is 15.0 Å². The first-order valence-corrected chi connectivity index (χ1v) is 5.77. The molecule has 1 fully saturated rings. The Morgan fingerprint density at radius 1 is 1.58 bits per heavy atom. The van der Waals surface area contributed by atoms with Gasteiger partial charge in [-0.3, -0.25) is 0 Å². The second-order valence-corrected chi connectivity index (χ2v) is 4.37. The van der Waals surface area contributed by atoms with Crippen LogP contribution >= 0.6 is 0 Å². The molecule has 0 aliphatic carbocycles. The van der Waals surface area contributed by atoms with Crippen molar-refractivity contribution in [3.8, 4) is 0 Å². The van der Waals surface area contributed by atoms with Crippen molar-refractivity contribution in [3.63, 3.8) is 0 Å². The lowest BCUT2D eigenvalue weighted by molar-refractivity contribution is -0.0441. The minimum Gasteiger partial charge on any atom is -0.394 e. The van der Waals surface area contributed by atoms with Crippen molar-refractivity contribution < 1.29 is 14.9 Å². The Morgan fingerprint density at radius 3 is 3.05 bits per heavy atom. The number of aliphatic hydroxyl groups excluding tert-OH is 2. The van der Waals surface area contributed by atoms with Crippen LogP contribution in [0.15, 0.2) is 11.1 Å². The van der Waals surface area contributed by atoms with Gasteiger partial charge in [-0.05, 0) is 0 Å². The van der Waals surface area contributed by atoms with Gasteiger partial charge in [0, 0.05) is 6.42 Å². The molecule has 5 N–H and O–H groups in total. The smallest absolute Gasteiger partial charge is 0.329 e. The van der Waals surface area contributed by atoms with Crippen molar-refractivity contribution in [2.45, 2.75) is 24.9 Å². The minimum atomic E-state index is -0.828. The molecule has 0 spiro atoms. The number of H-pyrrole nitrogens is 1. The van der Waals surface area contributed by atoms with E-state index < -0.39 is 24.1 Å². The number of ether oxygens (including phenoxy) is 1. The largest absolute Gasteiger partial charge is 0.394 e. The molecular weight excluding hydrogens is 257 g/mol. The van der Waals surface area contributed by atoms with Crippen molar-refractivity contribution in [3.05, 3.63) is 16.8 Å². The fourth-order valence-corrected chi connectivity index (χ4v) is 2.26. The molecule has 0 saturated carbocycles. The number of hydrogen-bond donors (Lipinski definition) is 4. The number of anilines is 1. The van der Waals surface area contributed by atoms with E-state index in [0.29, 0.717) is 11.2 Å². The molecule has 1 saturated heterocycles. The summed E-state index contributed by atoms with van der Waals surface area (Å²) in [5, 5.41) is 18.8. The molecule has 0 radical (unpaired) electrons. The Kier molecular flexibility index (Phi) is 2.73. The second-order valence-electron chi connectivity index (χ2n) is 4.37. The van der Waals surface area contributed by atoms with Crippen LogP contribution in [-0.4, -0.2) is 48.5 Å². The quantitative estimate of drug-likeness (QED) is 0.512. The number of nitrogens with zero attached hydrogens (tertiary/aromatic N) is 3. The van der Waals surface area contributed by atoms with Crippen LogP contribution in [0, 0.1) is 0 Å². The molecule has 19 heavy (non-hydrogen) atoms. The van der Waals surface area contributed by atoms with Gasteiger partial charge in [0.15, 0.2) is 11.5 Å². The zero-order valence-corrected chi connectivity index (χ0v) is 9.85. The average molecular weight is 270 g/mol. The zero-order valence-electron chi connectivity index (χ0n) is 9.85. The van der Waals surface area contributed by atoms with Gasteiger partial charge in [0.2, 0.25) is 0 Å². The lowest BCUT2D eigenvalue weighted by Gasteiger charge is -2.12. The van der Waals surface area contributed by atoms with Gasteiger partial charge < -0.3 is 25.7 Å². The summed E-state index contributed by atoms with van der Waals surface area (Å²) in [4.78, 5) is 22.3. The predicted molar refractivity (Wildman–Crippen MR) is 64.2 cm³/mol. The molecule has 3 atom stereocenters. The number of aliphatic hydroxyl groups is 2. The van der Waals surface area contributed by atoms with Crippen LogP contribution in [0.4, 0.5) is 5.82 Å². The van der Waals surface area contributed by atoms with Gasteiger partial charge in [-0.2, -0.15) is 0 Å². The summed E-state index contributed by atoms with van der Waals surface area (Å²) in [6, 6.07) is 0. The van der Waals surface area contributed by atoms with Crippen LogP contribution in [0.5, 0.6) is 0 Å². The number of fused-ring (bicyclic) bond motifs is 1. The molecule has 1 aliphatic heterocycles. The first-order chi connectivity index (χ1) is 9.11.